The van der Waals surface area contributed by atoms with Gasteiger partial charge in [0.1, 0.15) is 11.5 Å². The van der Waals surface area contributed by atoms with Crippen molar-refractivity contribution in [3.8, 4) is 5.69 Å². The van der Waals surface area contributed by atoms with Crippen molar-refractivity contribution in [1.29, 1.82) is 0 Å². The van der Waals surface area contributed by atoms with Crippen LogP contribution in [0.5, 0.6) is 0 Å². The zero-order chi connectivity index (χ0) is 12.4. The third kappa shape index (κ3) is 2.22. The van der Waals surface area contributed by atoms with E-state index >= 15 is 0 Å². The monoisotopic (exact) mass is 233 g/mol. The second-order valence-corrected chi connectivity index (χ2v) is 4.15. The number of benzene rings is 1. The van der Waals surface area contributed by atoms with E-state index in [1.54, 1.807) is 16.9 Å². The smallest absolute Gasteiger partial charge is 0.149 e. The lowest BCUT2D eigenvalue weighted by Gasteiger charge is -2.16. The van der Waals surface area contributed by atoms with Crippen molar-refractivity contribution in [2.75, 3.05) is 7.05 Å². The summed E-state index contributed by atoms with van der Waals surface area (Å²) in [6.07, 6.45) is 3.55. The highest BCUT2D eigenvalue weighted by Crippen LogP contribution is 2.24. The Morgan fingerprint density at radius 1 is 1.41 bits per heavy atom. The number of hydrogen-bond donors (Lipinski definition) is 1. The molecule has 0 amide bonds. The molecule has 2 aromatic rings. The van der Waals surface area contributed by atoms with E-state index in [2.05, 4.69) is 10.4 Å². The standard InChI is InChI=1S/C13H16FN3/c1-9-7-16-17(8-9)13-11(10(2)15-3)5-4-6-12(13)14/h4-8,10,15H,1-3H3. The van der Waals surface area contributed by atoms with Crippen LogP contribution in [0.1, 0.15) is 24.1 Å². The zero-order valence-electron chi connectivity index (χ0n) is 10.2. The second-order valence-electron chi connectivity index (χ2n) is 4.15. The van der Waals surface area contributed by atoms with E-state index in [0.717, 1.165) is 11.1 Å². The summed E-state index contributed by atoms with van der Waals surface area (Å²) in [4.78, 5) is 0. The van der Waals surface area contributed by atoms with E-state index in [4.69, 9.17) is 0 Å². The predicted octanol–water partition coefficient (Wildman–Crippen LogP) is 2.60. The first kappa shape index (κ1) is 11.8. The highest BCUT2D eigenvalue weighted by atomic mass is 19.1. The molecule has 0 aliphatic rings. The van der Waals surface area contributed by atoms with Gasteiger partial charge in [0.25, 0.3) is 0 Å². The minimum Gasteiger partial charge on any atom is -0.313 e. The summed E-state index contributed by atoms with van der Waals surface area (Å²) in [5.41, 5.74) is 2.43. The molecule has 0 saturated heterocycles. The fourth-order valence-electron chi connectivity index (χ4n) is 1.81. The van der Waals surface area contributed by atoms with Crippen LogP contribution in [-0.4, -0.2) is 16.8 Å². The molecule has 1 atom stereocenters. The van der Waals surface area contributed by atoms with Gasteiger partial charge in [-0.2, -0.15) is 5.10 Å². The van der Waals surface area contributed by atoms with Gasteiger partial charge in [-0.1, -0.05) is 12.1 Å². The van der Waals surface area contributed by atoms with E-state index in [9.17, 15) is 4.39 Å². The topological polar surface area (TPSA) is 29.9 Å². The van der Waals surface area contributed by atoms with Gasteiger partial charge < -0.3 is 5.32 Å². The Bertz CT molecular complexity index is 519. The summed E-state index contributed by atoms with van der Waals surface area (Å²) in [6, 6.07) is 5.16. The first-order chi connectivity index (χ1) is 8.13. The predicted molar refractivity (Wildman–Crippen MR) is 65.7 cm³/mol. The van der Waals surface area contributed by atoms with Crippen LogP contribution in [0.2, 0.25) is 0 Å². The fraction of sp³-hybridized carbons (Fsp3) is 0.308. The van der Waals surface area contributed by atoms with E-state index in [1.807, 2.05) is 33.2 Å². The van der Waals surface area contributed by atoms with Crippen molar-refractivity contribution in [3.63, 3.8) is 0 Å². The molecule has 0 saturated carbocycles. The van der Waals surface area contributed by atoms with Gasteiger partial charge in [0.2, 0.25) is 0 Å². The van der Waals surface area contributed by atoms with E-state index < -0.39 is 0 Å². The van der Waals surface area contributed by atoms with Gasteiger partial charge in [0, 0.05) is 12.2 Å². The lowest BCUT2D eigenvalue weighted by atomic mass is 10.1. The highest BCUT2D eigenvalue weighted by molar-refractivity contribution is 5.43. The summed E-state index contributed by atoms with van der Waals surface area (Å²) >= 11 is 0. The Morgan fingerprint density at radius 2 is 2.18 bits per heavy atom. The molecule has 1 aromatic heterocycles. The number of nitrogens with one attached hydrogen (secondary N) is 1. The van der Waals surface area contributed by atoms with Gasteiger partial charge in [-0.25, -0.2) is 9.07 Å². The molecule has 0 aliphatic carbocycles. The van der Waals surface area contributed by atoms with Crippen LogP contribution in [0.15, 0.2) is 30.6 Å². The molecule has 0 bridgehead atoms. The van der Waals surface area contributed by atoms with Crippen LogP contribution in [0.3, 0.4) is 0 Å². The summed E-state index contributed by atoms with van der Waals surface area (Å²) in [5, 5.41) is 7.29. The summed E-state index contributed by atoms with van der Waals surface area (Å²) < 4.78 is 15.5. The van der Waals surface area contributed by atoms with Crippen LogP contribution in [0.25, 0.3) is 5.69 Å². The lowest BCUT2D eigenvalue weighted by molar-refractivity contribution is 0.589. The van der Waals surface area contributed by atoms with Gasteiger partial charge in [0.05, 0.1) is 6.20 Å². The number of rotatable bonds is 3. The van der Waals surface area contributed by atoms with E-state index in [1.165, 1.54) is 6.07 Å². The second kappa shape index (κ2) is 4.67. The van der Waals surface area contributed by atoms with Gasteiger partial charge in [-0.3, -0.25) is 0 Å². The zero-order valence-corrected chi connectivity index (χ0v) is 10.2. The number of halogens is 1. The molecule has 4 heteroatoms. The van der Waals surface area contributed by atoms with Crippen LogP contribution < -0.4 is 5.32 Å². The maximum absolute atomic E-state index is 14.0. The van der Waals surface area contributed by atoms with Gasteiger partial charge in [0.15, 0.2) is 0 Å². The van der Waals surface area contributed by atoms with E-state index in [0.29, 0.717) is 5.69 Å². The first-order valence-electron chi connectivity index (χ1n) is 5.61. The highest BCUT2D eigenvalue weighted by Gasteiger charge is 2.15. The molecule has 0 radical (unpaired) electrons. The Balaban J connectivity index is 2.58. The molecule has 3 nitrogen and oxygen atoms in total. The summed E-state index contributed by atoms with van der Waals surface area (Å²) in [5.74, 6) is -0.257. The quantitative estimate of drug-likeness (QED) is 0.883. The molecule has 1 heterocycles. The van der Waals surface area contributed by atoms with Crippen molar-refractivity contribution in [3.05, 3.63) is 47.5 Å². The molecular formula is C13H16FN3. The van der Waals surface area contributed by atoms with Gasteiger partial charge in [-0.15, -0.1) is 0 Å². The largest absolute Gasteiger partial charge is 0.313 e. The minimum absolute atomic E-state index is 0.0743. The number of hydrogen-bond acceptors (Lipinski definition) is 2. The molecule has 2 rings (SSSR count). The Hall–Kier alpha value is -1.68. The van der Waals surface area contributed by atoms with Crippen molar-refractivity contribution in [2.24, 2.45) is 0 Å². The third-order valence-electron chi connectivity index (χ3n) is 2.86. The van der Waals surface area contributed by atoms with Gasteiger partial charge in [-0.05, 0) is 38.1 Å². The number of aryl methyl sites for hydroxylation is 1. The molecule has 1 aromatic carbocycles. The maximum Gasteiger partial charge on any atom is 0.149 e. The van der Waals surface area contributed by atoms with Gasteiger partial charge >= 0.3 is 0 Å². The Morgan fingerprint density at radius 3 is 2.76 bits per heavy atom. The Labute approximate surface area is 100 Å². The molecule has 1 N–H and O–H groups in total. The average molecular weight is 233 g/mol. The van der Waals surface area contributed by atoms with Crippen molar-refractivity contribution in [2.45, 2.75) is 19.9 Å². The third-order valence-corrected chi connectivity index (χ3v) is 2.86. The molecule has 90 valence electrons. The Kier molecular flexibility index (Phi) is 3.24. The maximum atomic E-state index is 14.0. The molecule has 0 spiro atoms. The van der Waals surface area contributed by atoms with Crippen LogP contribution >= 0.6 is 0 Å². The lowest BCUT2D eigenvalue weighted by Crippen LogP contribution is -2.16. The van der Waals surface area contributed by atoms with Crippen LogP contribution in [-0.2, 0) is 0 Å². The average Bonchev–Trinajstić information content (AvgIpc) is 2.74. The number of aromatic nitrogens is 2. The fourth-order valence-corrected chi connectivity index (χ4v) is 1.81. The SMILES string of the molecule is CNC(C)c1cccc(F)c1-n1cc(C)cn1. The molecule has 0 aliphatic heterocycles. The molecule has 1 unspecified atom stereocenters. The number of para-hydroxylation sites is 1. The van der Waals surface area contributed by atoms with Crippen molar-refractivity contribution < 1.29 is 4.39 Å². The molecular weight excluding hydrogens is 217 g/mol. The molecule has 17 heavy (non-hydrogen) atoms. The minimum atomic E-state index is -0.257. The normalized spacial score (nSPS) is 12.7. The first-order valence-corrected chi connectivity index (χ1v) is 5.61. The summed E-state index contributed by atoms with van der Waals surface area (Å²) in [6.45, 7) is 3.93. The van der Waals surface area contributed by atoms with E-state index in [-0.39, 0.29) is 11.9 Å². The summed E-state index contributed by atoms with van der Waals surface area (Å²) in [7, 11) is 1.85. The number of nitrogens with zero attached hydrogens (tertiary/aromatic N) is 2. The van der Waals surface area contributed by atoms with Crippen molar-refractivity contribution >= 4 is 0 Å². The van der Waals surface area contributed by atoms with Crippen LogP contribution in [0.4, 0.5) is 4.39 Å². The van der Waals surface area contributed by atoms with Crippen molar-refractivity contribution in [1.82, 2.24) is 15.1 Å². The van der Waals surface area contributed by atoms with Crippen LogP contribution in [0, 0.1) is 12.7 Å². The molecule has 0 fully saturated rings.